The summed E-state index contributed by atoms with van der Waals surface area (Å²) in [7, 11) is 0. The van der Waals surface area contributed by atoms with E-state index in [1.54, 1.807) is 0 Å². The summed E-state index contributed by atoms with van der Waals surface area (Å²) in [4.78, 5) is 0. The second-order valence-corrected chi connectivity index (χ2v) is 5.64. The predicted octanol–water partition coefficient (Wildman–Crippen LogP) is 2.35. The van der Waals surface area contributed by atoms with Crippen LogP contribution in [0.5, 0.6) is 0 Å². The molecule has 0 amide bonds. The number of nitrogens with one attached hydrogen (secondary N) is 1. The molecule has 0 bridgehead atoms. The minimum Gasteiger partial charge on any atom is -0.381 e. The first-order chi connectivity index (χ1) is 8.20. The average Bonchev–Trinajstić information content (AvgIpc) is 2.38. The van der Waals surface area contributed by atoms with Gasteiger partial charge in [-0.1, -0.05) is 13.8 Å². The molecule has 0 radical (unpaired) electrons. The predicted molar refractivity (Wildman–Crippen MR) is 69.2 cm³/mol. The summed E-state index contributed by atoms with van der Waals surface area (Å²) in [6.07, 6.45) is 5.15. The quantitative estimate of drug-likeness (QED) is 0.801. The maximum atomic E-state index is 5.84. The van der Waals surface area contributed by atoms with Crippen LogP contribution in [0, 0.1) is 5.41 Å². The van der Waals surface area contributed by atoms with Crippen molar-refractivity contribution in [1.82, 2.24) is 5.32 Å². The molecule has 2 aliphatic rings. The topological polar surface area (TPSA) is 30.5 Å². The van der Waals surface area contributed by atoms with E-state index in [2.05, 4.69) is 26.1 Å². The molecule has 0 aromatic heterocycles. The molecular formula is C14H27NO2. The lowest BCUT2D eigenvalue weighted by Crippen LogP contribution is -2.64. The van der Waals surface area contributed by atoms with Crippen LogP contribution in [0.25, 0.3) is 0 Å². The van der Waals surface area contributed by atoms with E-state index in [4.69, 9.17) is 9.47 Å². The van der Waals surface area contributed by atoms with Crippen molar-refractivity contribution < 1.29 is 9.47 Å². The lowest BCUT2D eigenvalue weighted by Gasteiger charge is -2.55. The Bertz CT molecular complexity index is 240. The Hall–Kier alpha value is -0.120. The molecule has 0 aromatic carbocycles. The highest BCUT2D eigenvalue weighted by molar-refractivity contribution is 5.05. The lowest BCUT2D eigenvalue weighted by molar-refractivity contribution is -0.130. The summed E-state index contributed by atoms with van der Waals surface area (Å²) in [6.45, 7) is 9.42. The van der Waals surface area contributed by atoms with E-state index >= 15 is 0 Å². The second-order valence-electron chi connectivity index (χ2n) is 5.64. The molecule has 3 unspecified atom stereocenters. The lowest BCUT2D eigenvalue weighted by atomic mass is 9.61. The van der Waals surface area contributed by atoms with Crippen LogP contribution in [0.3, 0.4) is 0 Å². The molecule has 1 heterocycles. The standard InChI is InChI=1S/C14H27NO2/c1-4-14(3)12(10-13(14)17-5-2)15-11-6-8-16-9-7-11/h11-13,15H,4-10H2,1-3H3. The van der Waals surface area contributed by atoms with Gasteiger partial charge in [-0.15, -0.1) is 0 Å². The minimum atomic E-state index is 0.328. The van der Waals surface area contributed by atoms with Crippen molar-refractivity contribution in [3.05, 3.63) is 0 Å². The van der Waals surface area contributed by atoms with Gasteiger partial charge in [0.25, 0.3) is 0 Å². The fraction of sp³-hybridized carbons (Fsp3) is 1.00. The highest BCUT2D eigenvalue weighted by atomic mass is 16.5. The fourth-order valence-corrected chi connectivity index (χ4v) is 3.16. The molecule has 1 saturated carbocycles. The van der Waals surface area contributed by atoms with Gasteiger partial charge in [0, 0.05) is 37.3 Å². The molecule has 100 valence electrons. The van der Waals surface area contributed by atoms with Gasteiger partial charge in [0.1, 0.15) is 0 Å². The van der Waals surface area contributed by atoms with Crippen LogP contribution >= 0.6 is 0 Å². The number of hydrogen-bond acceptors (Lipinski definition) is 3. The summed E-state index contributed by atoms with van der Waals surface area (Å²) >= 11 is 0. The van der Waals surface area contributed by atoms with Crippen molar-refractivity contribution >= 4 is 0 Å². The molecule has 2 fully saturated rings. The van der Waals surface area contributed by atoms with Gasteiger partial charge in [-0.3, -0.25) is 0 Å². The third kappa shape index (κ3) is 2.67. The Morgan fingerprint density at radius 2 is 2.00 bits per heavy atom. The first kappa shape index (κ1) is 13.3. The maximum absolute atomic E-state index is 5.84. The first-order valence-electron chi connectivity index (χ1n) is 7.16. The maximum Gasteiger partial charge on any atom is 0.0658 e. The van der Waals surface area contributed by atoms with Crippen LogP contribution in [0.2, 0.25) is 0 Å². The van der Waals surface area contributed by atoms with Crippen molar-refractivity contribution in [3.63, 3.8) is 0 Å². The van der Waals surface area contributed by atoms with E-state index < -0.39 is 0 Å². The van der Waals surface area contributed by atoms with E-state index in [0.29, 0.717) is 23.6 Å². The van der Waals surface area contributed by atoms with Gasteiger partial charge in [-0.25, -0.2) is 0 Å². The van der Waals surface area contributed by atoms with Gasteiger partial charge in [-0.05, 0) is 32.6 Å². The molecule has 0 aromatic rings. The van der Waals surface area contributed by atoms with Crippen molar-refractivity contribution in [2.24, 2.45) is 5.41 Å². The third-order valence-electron chi connectivity index (χ3n) is 4.77. The Labute approximate surface area is 105 Å². The van der Waals surface area contributed by atoms with E-state index in [9.17, 15) is 0 Å². The molecule has 3 nitrogen and oxygen atoms in total. The molecule has 1 aliphatic carbocycles. The highest BCUT2D eigenvalue weighted by Gasteiger charge is 2.51. The zero-order valence-electron chi connectivity index (χ0n) is 11.5. The van der Waals surface area contributed by atoms with Crippen LogP contribution in [-0.4, -0.2) is 38.0 Å². The van der Waals surface area contributed by atoms with E-state index in [0.717, 1.165) is 32.7 Å². The zero-order valence-corrected chi connectivity index (χ0v) is 11.5. The number of rotatable bonds is 5. The zero-order chi connectivity index (χ0) is 12.3. The van der Waals surface area contributed by atoms with Crippen molar-refractivity contribution in [2.75, 3.05) is 19.8 Å². The molecule has 2 rings (SSSR count). The summed E-state index contributed by atoms with van der Waals surface area (Å²) < 4.78 is 11.2. The second kappa shape index (κ2) is 5.68. The Morgan fingerprint density at radius 3 is 2.59 bits per heavy atom. The summed E-state index contributed by atoms with van der Waals surface area (Å²) in [5, 5.41) is 3.83. The van der Waals surface area contributed by atoms with Crippen molar-refractivity contribution in [1.29, 1.82) is 0 Å². The van der Waals surface area contributed by atoms with Gasteiger partial charge >= 0.3 is 0 Å². The van der Waals surface area contributed by atoms with Gasteiger partial charge in [-0.2, -0.15) is 0 Å². The molecule has 3 heteroatoms. The third-order valence-corrected chi connectivity index (χ3v) is 4.77. The van der Waals surface area contributed by atoms with Gasteiger partial charge < -0.3 is 14.8 Å². The minimum absolute atomic E-state index is 0.328. The molecular weight excluding hydrogens is 214 g/mol. The van der Waals surface area contributed by atoms with Crippen LogP contribution < -0.4 is 5.32 Å². The molecule has 1 aliphatic heterocycles. The highest BCUT2D eigenvalue weighted by Crippen LogP contribution is 2.46. The van der Waals surface area contributed by atoms with E-state index in [1.807, 2.05) is 0 Å². The van der Waals surface area contributed by atoms with Crippen LogP contribution in [-0.2, 0) is 9.47 Å². The van der Waals surface area contributed by atoms with E-state index in [-0.39, 0.29) is 0 Å². The number of ether oxygens (including phenoxy) is 2. The Morgan fingerprint density at radius 1 is 1.29 bits per heavy atom. The summed E-state index contributed by atoms with van der Waals surface area (Å²) in [5.41, 5.74) is 0.328. The largest absolute Gasteiger partial charge is 0.381 e. The SMILES string of the molecule is CCOC1CC(NC2CCOCC2)C1(C)CC. The van der Waals surface area contributed by atoms with Gasteiger partial charge in [0.15, 0.2) is 0 Å². The fourth-order valence-electron chi connectivity index (χ4n) is 3.16. The Balaban J connectivity index is 1.85. The normalized spacial score (nSPS) is 39.0. The van der Waals surface area contributed by atoms with Gasteiger partial charge in [0.2, 0.25) is 0 Å². The van der Waals surface area contributed by atoms with Crippen LogP contribution in [0.4, 0.5) is 0 Å². The molecule has 0 spiro atoms. The molecule has 3 atom stereocenters. The Kier molecular flexibility index (Phi) is 4.45. The van der Waals surface area contributed by atoms with Crippen molar-refractivity contribution in [3.8, 4) is 0 Å². The number of hydrogen-bond donors (Lipinski definition) is 1. The van der Waals surface area contributed by atoms with Crippen molar-refractivity contribution in [2.45, 2.75) is 64.6 Å². The van der Waals surface area contributed by atoms with E-state index in [1.165, 1.54) is 12.8 Å². The summed E-state index contributed by atoms with van der Waals surface area (Å²) in [6, 6.07) is 1.29. The van der Waals surface area contributed by atoms with Crippen LogP contribution in [0.15, 0.2) is 0 Å². The molecule has 1 N–H and O–H groups in total. The average molecular weight is 241 g/mol. The smallest absolute Gasteiger partial charge is 0.0658 e. The van der Waals surface area contributed by atoms with Gasteiger partial charge in [0.05, 0.1) is 6.10 Å². The van der Waals surface area contributed by atoms with Crippen LogP contribution in [0.1, 0.15) is 46.5 Å². The molecule has 17 heavy (non-hydrogen) atoms. The molecule has 1 saturated heterocycles. The summed E-state index contributed by atoms with van der Waals surface area (Å²) in [5.74, 6) is 0. The first-order valence-corrected chi connectivity index (χ1v) is 7.16. The monoisotopic (exact) mass is 241 g/mol.